The van der Waals surface area contributed by atoms with Crippen molar-refractivity contribution < 1.29 is 13.2 Å². The van der Waals surface area contributed by atoms with Crippen LogP contribution in [0, 0.1) is 3.57 Å². The molecule has 0 bridgehead atoms. The van der Waals surface area contributed by atoms with Crippen LogP contribution in [0.3, 0.4) is 0 Å². The third-order valence-corrected chi connectivity index (χ3v) is 7.66. The maximum Gasteiger partial charge on any atom is 0.269 e. The third-order valence-electron chi connectivity index (χ3n) is 5.26. The van der Waals surface area contributed by atoms with Gasteiger partial charge in [0.05, 0.1) is 5.56 Å². The Kier molecular flexibility index (Phi) is 6.02. The van der Waals surface area contributed by atoms with Crippen LogP contribution in [-0.4, -0.2) is 72.8 Å². The summed E-state index contributed by atoms with van der Waals surface area (Å²) < 4.78 is 27.2. The van der Waals surface area contributed by atoms with E-state index in [2.05, 4.69) is 42.4 Å². The van der Waals surface area contributed by atoms with Crippen LogP contribution in [0.2, 0.25) is 0 Å². The lowest BCUT2D eigenvalue weighted by Crippen LogP contribution is -2.47. The smallest absolute Gasteiger partial charge is 0.269 e. The van der Waals surface area contributed by atoms with Gasteiger partial charge in [-0.25, -0.2) is 22.7 Å². The van der Waals surface area contributed by atoms with Gasteiger partial charge in [-0.1, -0.05) is 12.1 Å². The summed E-state index contributed by atoms with van der Waals surface area (Å²) in [7, 11) is -3.69. The maximum atomic E-state index is 12.6. The van der Waals surface area contributed by atoms with E-state index >= 15 is 0 Å². The average molecular weight is 527 g/mol. The van der Waals surface area contributed by atoms with Crippen molar-refractivity contribution in [2.24, 2.45) is 0 Å². The highest BCUT2D eigenvalue weighted by Gasteiger charge is 2.40. The second-order valence-corrected chi connectivity index (χ2v) is 10.2. The Morgan fingerprint density at radius 1 is 0.966 bits per heavy atom. The molecule has 2 aliphatic heterocycles. The second kappa shape index (κ2) is 8.52. The molecule has 8 nitrogen and oxygen atoms in total. The molecule has 154 valence electrons. The summed E-state index contributed by atoms with van der Waals surface area (Å²) in [6.45, 7) is 4.69. The zero-order chi connectivity index (χ0) is 20.4. The minimum absolute atomic E-state index is 0.124. The number of sulfonamides is 1. The first-order valence-corrected chi connectivity index (χ1v) is 12.1. The largest absolute Gasteiger partial charge is 0.338 e. The summed E-state index contributed by atoms with van der Waals surface area (Å²) in [6, 6.07) is 6.41. The predicted octanol–water partition coefficient (Wildman–Crippen LogP) is 1.83. The van der Waals surface area contributed by atoms with Gasteiger partial charge in [-0.15, -0.1) is 0 Å². The quantitative estimate of drug-likeness (QED) is 0.419. The molecule has 0 N–H and O–H groups in total. The predicted molar refractivity (Wildman–Crippen MR) is 117 cm³/mol. The summed E-state index contributed by atoms with van der Waals surface area (Å²) in [5, 5.41) is 0. The molecule has 0 atom stereocenters. The molecule has 1 amide bonds. The number of unbranched alkanes of at least 4 members (excludes halogenated alkanes) is 1. The van der Waals surface area contributed by atoms with Crippen molar-refractivity contribution in [1.29, 1.82) is 0 Å². The molecule has 0 radical (unpaired) electrons. The Morgan fingerprint density at radius 3 is 2.31 bits per heavy atom. The topological polar surface area (TPSA) is 86.7 Å². The number of hydrogen-bond acceptors (Lipinski definition) is 7. The van der Waals surface area contributed by atoms with Gasteiger partial charge in [0.15, 0.2) is 0 Å². The van der Waals surface area contributed by atoms with Gasteiger partial charge in [0, 0.05) is 48.7 Å². The minimum atomic E-state index is -3.69. The number of fused-ring (bicyclic) bond motifs is 1. The number of aromatic nitrogens is 2. The van der Waals surface area contributed by atoms with Crippen molar-refractivity contribution in [3.8, 4) is 0 Å². The molecule has 2 aromatic rings. The van der Waals surface area contributed by atoms with Crippen molar-refractivity contribution in [2.75, 3.05) is 44.2 Å². The molecule has 0 saturated carbocycles. The molecule has 10 heteroatoms. The Morgan fingerprint density at radius 2 is 1.62 bits per heavy atom. The van der Waals surface area contributed by atoms with Gasteiger partial charge in [0.25, 0.3) is 15.9 Å². The Bertz CT molecular complexity index is 991. The van der Waals surface area contributed by atoms with Crippen LogP contribution in [0.5, 0.6) is 0 Å². The van der Waals surface area contributed by atoms with E-state index in [1.165, 1.54) is 6.07 Å². The number of amides is 1. The standard InChI is InChI=1S/C19H22IN5O3S/c20-15-13-21-19(22-14-15)24-11-9-23(10-12-24)7-3-4-8-25-18(26)16-5-1-2-6-17(16)29(25,27)28/h1-2,5-6,13-14H,3-4,7-12H2. The molecule has 3 heterocycles. The molecule has 0 unspecified atom stereocenters. The Balaban J connectivity index is 1.23. The SMILES string of the molecule is O=C1c2ccccc2S(=O)(=O)N1CCCCN1CCN(c2ncc(I)cn2)CC1. The van der Waals surface area contributed by atoms with E-state index in [1.54, 1.807) is 18.2 Å². The van der Waals surface area contributed by atoms with Gasteiger partial charge in [0.2, 0.25) is 5.95 Å². The summed E-state index contributed by atoms with van der Waals surface area (Å²) >= 11 is 2.19. The number of carbonyl (C=O) groups is 1. The van der Waals surface area contributed by atoms with Crippen LogP contribution in [-0.2, 0) is 10.0 Å². The van der Waals surface area contributed by atoms with E-state index in [9.17, 15) is 13.2 Å². The van der Waals surface area contributed by atoms with Crippen LogP contribution >= 0.6 is 22.6 Å². The summed E-state index contributed by atoms with van der Waals surface area (Å²) in [6.07, 6.45) is 5.14. The first-order chi connectivity index (χ1) is 14.0. The molecule has 0 spiro atoms. The lowest BCUT2D eigenvalue weighted by Gasteiger charge is -2.34. The molecular weight excluding hydrogens is 505 g/mol. The average Bonchev–Trinajstić information content (AvgIpc) is 2.93. The number of nitrogens with zero attached hydrogens (tertiary/aromatic N) is 5. The Hall–Kier alpha value is -1.79. The van der Waals surface area contributed by atoms with E-state index in [1.807, 2.05) is 12.4 Å². The van der Waals surface area contributed by atoms with Crippen LogP contribution in [0.1, 0.15) is 23.2 Å². The number of piperazine rings is 1. The van der Waals surface area contributed by atoms with Gasteiger partial charge in [0.1, 0.15) is 4.90 Å². The molecule has 29 heavy (non-hydrogen) atoms. The van der Waals surface area contributed by atoms with Crippen LogP contribution in [0.15, 0.2) is 41.6 Å². The first-order valence-electron chi connectivity index (χ1n) is 9.58. The van der Waals surface area contributed by atoms with E-state index < -0.39 is 15.9 Å². The van der Waals surface area contributed by atoms with Crippen LogP contribution in [0.4, 0.5) is 5.95 Å². The van der Waals surface area contributed by atoms with E-state index in [0.29, 0.717) is 6.42 Å². The van der Waals surface area contributed by atoms with Gasteiger partial charge in [-0.05, 0) is 54.1 Å². The number of anilines is 1. The Labute approximate surface area is 184 Å². The molecule has 4 rings (SSSR count). The zero-order valence-corrected chi connectivity index (χ0v) is 18.8. The minimum Gasteiger partial charge on any atom is -0.338 e. The van der Waals surface area contributed by atoms with Gasteiger partial charge in [-0.3, -0.25) is 9.69 Å². The van der Waals surface area contributed by atoms with Crippen LogP contribution in [0.25, 0.3) is 0 Å². The van der Waals surface area contributed by atoms with Crippen molar-refractivity contribution in [2.45, 2.75) is 17.7 Å². The fourth-order valence-corrected chi connectivity index (χ4v) is 5.57. The lowest BCUT2D eigenvalue weighted by atomic mass is 10.2. The van der Waals surface area contributed by atoms with Gasteiger partial charge < -0.3 is 4.90 Å². The number of hydrogen-bond donors (Lipinski definition) is 0. The molecule has 1 saturated heterocycles. The lowest BCUT2D eigenvalue weighted by molar-refractivity contribution is 0.0868. The first kappa shape index (κ1) is 20.5. The molecule has 1 aromatic heterocycles. The maximum absolute atomic E-state index is 12.6. The van der Waals surface area contributed by atoms with E-state index in [0.717, 1.165) is 53.0 Å². The molecule has 1 aromatic carbocycles. The van der Waals surface area contributed by atoms with Gasteiger partial charge in [-0.2, -0.15) is 0 Å². The number of rotatable bonds is 6. The molecule has 1 fully saturated rings. The van der Waals surface area contributed by atoms with Crippen molar-refractivity contribution >= 4 is 44.5 Å². The fraction of sp³-hybridized carbons (Fsp3) is 0.421. The fourth-order valence-electron chi connectivity index (χ4n) is 3.68. The monoisotopic (exact) mass is 527 g/mol. The third kappa shape index (κ3) is 4.24. The van der Waals surface area contributed by atoms with Crippen LogP contribution < -0.4 is 4.90 Å². The summed E-state index contributed by atoms with van der Waals surface area (Å²) in [5.74, 6) is 0.356. The summed E-state index contributed by atoms with van der Waals surface area (Å²) in [4.78, 5) is 25.8. The van der Waals surface area contributed by atoms with Crippen molar-refractivity contribution in [3.63, 3.8) is 0 Å². The molecule has 2 aliphatic rings. The van der Waals surface area contributed by atoms with E-state index in [4.69, 9.17) is 0 Å². The molecule has 0 aliphatic carbocycles. The number of carbonyl (C=O) groups excluding carboxylic acids is 1. The van der Waals surface area contributed by atoms with Gasteiger partial charge >= 0.3 is 0 Å². The summed E-state index contributed by atoms with van der Waals surface area (Å²) in [5.41, 5.74) is 0.279. The van der Waals surface area contributed by atoms with Crippen molar-refractivity contribution in [1.82, 2.24) is 19.2 Å². The number of halogens is 1. The van der Waals surface area contributed by atoms with E-state index in [-0.39, 0.29) is 17.0 Å². The number of benzene rings is 1. The zero-order valence-electron chi connectivity index (χ0n) is 15.9. The normalized spacial score (nSPS) is 18.9. The highest BCUT2D eigenvalue weighted by atomic mass is 127. The highest BCUT2D eigenvalue weighted by Crippen LogP contribution is 2.30. The highest BCUT2D eigenvalue weighted by molar-refractivity contribution is 14.1. The second-order valence-electron chi connectivity index (χ2n) is 7.12. The van der Waals surface area contributed by atoms with Crippen molar-refractivity contribution in [3.05, 3.63) is 45.8 Å². The molecular formula is C19H22IN5O3S.